The molecule has 34 heavy (non-hydrogen) atoms. The number of hydrogen-bond donors (Lipinski definition) is 1. The van der Waals surface area contributed by atoms with Gasteiger partial charge in [-0.3, -0.25) is 9.59 Å². The molecular formula is C24H22ClF3O6. The summed E-state index contributed by atoms with van der Waals surface area (Å²) in [6, 6.07) is 5.72. The Balaban J connectivity index is 1.92. The van der Waals surface area contributed by atoms with Crippen LogP contribution in [0.15, 0.2) is 42.2 Å². The highest BCUT2D eigenvalue weighted by atomic mass is 35.5. The molecule has 182 valence electrons. The van der Waals surface area contributed by atoms with Crippen LogP contribution in [0.2, 0.25) is 5.02 Å². The molecule has 0 aromatic heterocycles. The van der Waals surface area contributed by atoms with Crippen LogP contribution in [-0.4, -0.2) is 30.9 Å². The van der Waals surface area contributed by atoms with Crippen molar-refractivity contribution < 1.29 is 42.1 Å². The predicted molar refractivity (Wildman–Crippen MR) is 117 cm³/mol. The first-order chi connectivity index (χ1) is 16.0. The Morgan fingerprint density at radius 3 is 2.32 bits per heavy atom. The van der Waals surface area contributed by atoms with Crippen LogP contribution in [0.5, 0.6) is 17.2 Å². The lowest BCUT2D eigenvalue weighted by Crippen LogP contribution is -2.31. The highest BCUT2D eigenvalue weighted by molar-refractivity contribution is 6.34. The molecule has 0 saturated heterocycles. The maximum atomic E-state index is 13.5. The lowest BCUT2D eigenvalue weighted by Gasteiger charge is -2.29. The van der Waals surface area contributed by atoms with Gasteiger partial charge in [0.25, 0.3) is 0 Å². The number of aromatic hydroxyl groups is 1. The van der Waals surface area contributed by atoms with E-state index in [0.29, 0.717) is 5.56 Å². The zero-order valence-electron chi connectivity index (χ0n) is 18.5. The molecule has 2 aromatic rings. The van der Waals surface area contributed by atoms with Gasteiger partial charge >= 0.3 is 6.18 Å². The molecule has 0 amide bonds. The monoisotopic (exact) mass is 498 g/mol. The van der Waals surface area contributed by atoms with Crippen LogP contribution in [0, 0.1) is 11.8 Å². The third-order valence-corrected chi connectivity index (χ3v) is 5.89. The van der Waals surface area contributed by atoms with Gasteiger partial charge in [-0.25, -0.2) is 0 Å². The molecule has 0 aliphatic heterocycles. The number of benzene rings is 2. The highest BCUT2D eigenvalue weighted by Gasteiger charge is 2.39. The average molecular weight is 499 g/mol. The number of rotatable bonds is 7. The summed E-state index contributed by atoms with van der Waals surface area (Å²) in [7, 11) is 2.65. The number of hydrogen-bond acceptors (Lipinski definition) is 6. The predicted octanol–water partition coefficient (Wildman–Crippen LogP) is 5.59. The molecule has 0 fully saturated rings. The first kappa shape index (κ1) is 25.4. The fourth-order valence-corrected chi connectivity index (χ4v) is 4.03. The van der Waals surface area contributed by atoms with E-state index in [0.717, 1.165) is 12.1 Å². The zero-order chi connectivity index (χ0) is 25.2. The Morgan fingerprint density at radius 2 is 1.76 bits per heavy atom. The molecule has 1 aliphatic rings. The number of carbonyl (C=O) groups excluding carboxylic acids is 2. The van der Waals surface area contributed by atoms with E-state index in [2.05, 4.69) is 0 Å². The normalized spacial score (nSPS) is 18.3. The first-order valence-electron chi connectivity index (χ1n) is 10.2. The van der Waals surface area contributed by atoms with Crippen molar-refractivity contribution in [3.8, 4) is 17.2 Å². The maximum Gasteiger partial charge on any atom is 0.416 e. The average Bonchev–Trinajstić information content (AvgIpc) is 2.78. The van der Waals surface area contributed by atoms with Crippen molar-refractivity contribution in [1.29, 1.82) is 0 Å². The van der Waals surface area contributed by atoms with Crippen LogP contribution in [-0.2, 0) is 22.3 Å². The summed E-state index contributed by atoms with van der Waals surface area (Å²) >= 11 is 6.13. The van der Waals surface area contributed by atoms with Crippen LogP contribution in [0.4, 0.5) is 13.2 Å². The smallest absolute Gasteiger partial charge is 0.416 e. The van der Waals surface area contributed by atoms with Gasteiger partial charge in [0.05, 0.1) is 25.7 Å². The number of methoxy groups -OCH3 is 2. The summed E-state index contributed by atoms with van der Waals surface area (Å²) in [4.78, 5) is 25.7. The van der Waals surface area contributed by atoms with Gasteiger partial charge in [-0.1, -0.05) is 30.7 Å². The van der Waals surface area contributed by atoms with E-state index in [9.17, 15) is 27.9 Å². The minimum atomic E-state index is -4.47. The molecular weight excluding hydrogens is 477 g/mol. The van der Waals surface area contributed by atoms with Crippen LogP contribution in [0.3, 0.4) is 0 Å². The fourth-order valence-electron chi connectivity index (χ4n) is 3.80. The number of carbonyl (C=O) groups is 2. The van der Waals surface area contributed by atoms with Crippen LogP contribution in [0.1, 0.15) is 34.8 Å². The Labute approximate surface area is 198 Å². The molecule has 2 atom stereocenters. The molecule has 0 spiro atoms. The largest absolute Gasteiger partial charge is 0.505 e. The van der Waals surface area contributed by atoms with E-state index in [1.807, 2.05) is 0 Å². The number of phenols is 1. The number of Topliss-reactive ketones (excluding diaryl/α,β-unsaturated/α-hetero) is 1. The minimum absolute atomic E-state index is 0.0231. The highest BCUT2D eigenvalue weighted by Crippen LogP contribution is 2.45. The van der Waals surface area contributed by atoms with Gasteiger partial charge < -0.3 is 19.3 Å². The maximum absolute atomic E-state index is 13.5. The second kappa shape index (κ2) is 9.97. The van der Waals surface area contributed by atoms with Gasteiger partial charge in [0.1, 0.15) is 34.5 Å². The Kier molecular flexibility index (Phi) is 7.45. The summed E-state index contributed by atoms with van der Waals surface area (Å²) in [6.45, 7) is 1.52. The molecule has 0 bridgehead atoms. The van der Waals surface area contributed by atoms with Gasteiger partial charge in [0, 0.05) is 18.6 Å². The van der Waals surface area contributed by atoms with Crippen molar-refractivity contribution in [2.45, 2.75) is 26.1 Å². The van der Waals surface area contributed by atoms with Crippen molar-refractivity contribution in [2.24, 2.45) is 11.8 Å². The molecule has 0 heterocycles. The van der Waals surface area contributed by atoms with E-state index in [1.165, 1.54) is 38.5 Å². The molecule has 2 aromatic carbocycles. The Hall–Kier alpha value is -3.20. The molecule has 1 aliphatic carbocycles. The van der Waals surface area contributed by atoms with Crippen LogP contribution in [0.25, 0.3) is 0 Å². The molecule has 3 rings (SSSR count). The van der Waals surface area contributed by atoms with Crippen LogP contribution >= 0.6 is 11.6 Å². The summed E-state index contributed by atoms with van der Waals surface area (Å²) in [5.41, 5.74) is -0.578. The molecule has 0 radical (unpaired) electrons. The number of allylic oxidation sites excluding steroid dienone is 2. The lowest BCUT2D eigenvalue weighted by atomic mass is 9.78. The topological polar surface area (TPSA) is 82.1 Å². The third-order valence-electron chi connectivity index (χ3n) is 5.53. The van der Waals surface area contributed by atoms with Gasteiger partial charge in [-0.05, 0) is 23.6 Å². The molecule has 0 saturated carbocycles. The minimum Gasteiger partial charge on any atom is -0.505 e. The summed E-state index contributed by atoms with van der Waals surface area (Å²) in [6.07, 6.45) is -3.21. The van der Waals surface area contributed by atoms with Crippen molar-refractivity contribution in [1.82, 2.24) is 0 Å². The van der Waals surface area contributed by atoms with Gasteiger partial charge in [-0.2, -0.15) is 13.2 Å². The molecule has 1 N–H and O–H groups in total. The van der Waals surface area contributed by atoms with Crippen molar-refractivity contribution >= 4 is 23.2 Å². The number of phenolic OH excluding ortho intramolecular Hbond substituents is 1. The molecule has 2 unspecified atom stereocenters. The van der Waals surface area contributed by atoms with Gasteiger partial charge in [0.15, 0.2) is 17.3 Å². The van der Waals surface area contributed by atoms with Crippen molar-refractivity contribution in [3.63, 3.8) is 0 Å². The summed E-state index contributed by atoms with van der Waals surface area (Å²) < 4.78 is 54.5. The first-order valence-corrected chi connectivity index (χ1v) is 10.6. The Bertz CT molecular complexity index is 1130. The van der Waals surface area contributed by atoms with Crippen LogP contribution < -0.4 is 9.47 Å². The number of ketones is 2. The molecule has 6 nitrogen and oxygen atoms in total. The zero-order valence-corrected chi connectivity index (χ0v) is 19.3. The van der Waals surface area contributed by atoms with E-state index >= 15 is 0 Å². The Morgan fingerprint density at radius 1 is 1.15 bits per heavy atom. The summed E-state index contributed by atoms with van der Waals surface area (Å²) in [5.74, 6) is -2.66. The fraction of sp³-hybridized carbons (Fsp3) is 0.333. The lowest BCUT2D eigenvalue weighted by molar-refractivity contribution is -0.137. The van der Waals surface area contributed by atoms with E-state index < -0.39 is 35.1 Å². The second-order valence-corrected chi connectivity index (χ2v) is 8.22. The molecule has 10 heteroatoms. The number of ether oxygens (including phenoxy) is 3. The number of halogens is 4. The summed E-state index contributed by atoms with van der Waals surface area (Å²) in [5, 5.41) is 10.4. The third kappa shape index (κ3) is 5.14. The van der Waals surface area contributed by atoms with Gasteiger partial charge in [0.2, 0.25) is 0 Å². The van der Waals surface area contributed by atoms with E-state index in [1.54, 1.807) is 6.92 Å². The second-order valence-electron chi connectivity index (χ2n) is 7.84. The van der Waals surface area contributed by atoms with Gasteiger partial charge in [-0.15, -0.1) is 0 Å². The van der Waals surface area contributed by atoms with Crippen molar-refractivity contribution in [3.05, 3.63) is 63.9 Å². The van der Waals surface area contributed by atoms with E-state index in [-0.39, 0.29) is 46.7 Å². The standard InChI is InChI=1S/C24H22ClF3O6/c1-12-8-15(29)9-17(34-11-13-4-6-14(7-5-13)24(26,27)28)19(12)22(30)20-16(32-2)10-18(33-3)21(25)23(20)31/h4-7,9-10,12,19,31H,8,11H2,1-3H3. The number of alkyl halides is 3. The van der Waals surface area contributed by atoms with Crippen molar-refractivity contribution in [2.75, 3.05) is 14.2 Å². The SMILES string of the molecule is COc1cc(OC)c(C(=O)C2C(OCc3ccc(C(F)(F)F)cc3)=CC(=O)CC2C)c(O)c1Cl. The van der Waals surface area contributed by atoms with E-state index in [4.69, 9.17) is 25.8 Å². The quantitative estimate of drug-likeness (QED) is 0.501.